The van der Waals surface area contributed by atoms with Crippen LogP contribution in [-0.2, 0) is 32.2 Å². The van der Waals surface area contributed by atoms with E-state index in [2.05, 4.69) is 24.5 Å². The number of aliphatic hydroxyl groups is 1. The third-order valence-electron chi connectivity index (χ3n) is 6.68. The van der Waals surface area contributed by atoms with E-state index in [1.54, 1.807) is 0 Å². The number of aryl methyl sites for hydroxylation is 1. The molecular formula is C20H27N7O14P2. The summed E-state index contributed by atoms with van der Waals surface area (Å²) < 4.78 is 52.7. The Kier molecular flexibility index (Phi) is 8.60. The summed E-state index contributed by atoms with van der Waals surface area (Å²) in [6.45, 7) is 0.0333. The number of rotatable bonds is 10. The van der Waals surface area contributed by atoms with Crippen molar-refractivity contribution < 1.29 is 52.0 Å². The minimum absolute atomic E-state index is 0.00343. The first-order valence-corrected chi connectivity index (χ1v) is 15.5. The van der Waals surface area contributed by atoms with E-state index in [4.69, 9.17) is 34.0 Å². The van der Waals surface area contributed by atoms with Gasteiger partial charge < -0.3 is 35.0 Å². The van der Waals surface area contributed by atoms with Crippen LogP contribution in [0.25, 0.3) is 11.2 Å². The zero-order chi connectivity index (χ0) is 31.3. The Morgan fingerprint density at radius 2 is 1.70 bits per heavy atom. The van der Waals surface area contributed by atoms with Crippen molar-refractivity contribution in [3.63, 3.8) is 0 Å². The molecule has 2 unspecified atom stereocenters. The van der Waals surface area contributed by atoms with Gasteiger partial charge in [0.05, 0.1) is 25.6 Å². The van der Waals surface area contributed by atoms with Crippen molar-refractivity contribution in [1.82, 2.24) is 29.1 Å². The Morgan fingerprint density at radius 1 is 1.02 bits per heavy atom. The quantitative estimate of drug-likeness (QED) is 0.118. The molecule has 2 aliphatic heterocycles. The molecule has 0 bridgehead atoms. The van der Waals surface area contributed by atoms with Crippen molar-refractivity contribution in [3.8, 4) is 0 Å². The van der Waals surface area contributed by atoms with Crippen LogP contribution < -0.4 is 22.5 Å². The van der Waals surface area contributed by atoms with Gasteiger partial charge in [-0.1, -0.05) is 0 Å². The third-order valence-corrected chi connectivity index (χ3v) is 8.18. The smallest absolute Gasteiger partial charge is 0.390 e. The van der Waals surface area contributed by atoms with Crippen LogP contribution in [0.3, 0.4) is 0 Å². The number of anilines is 1. The van der Waals surface area contributed by atoms with Gasteiger partial charge in [-0.25, -0.2) is 18.9 Å². The predicted octanol–water partition coefficient (Wildman–Crippen LogP) is -1.89. The average molecular weight is 651 g/mol. The topological polar surface area (TPSA) is 306 Å². The summed E-state index contributed by atoms with van der Waals surface area (Å²) in [4.78, 5) is 77.1. The molecule has 0 spiro atoms. The number of aromatic nitrogens is 6. The highest BCUT2D eigenvalue weighted by molar-refractivity contribution is 7.47. The van der Waals surface area contributed by atoms with Crippen molar-refractivity contribution in [2.45, 2.75) is 56.6 Å². The van der Waals surface area contributed by atoms with Gasteiger partial charge in [-0.15, -0.1) is 0 Å². The SMILES string of the molecule is Cc1cn([C@H]2C[C@H](O)[C@@H](COP(=O)(O)O[C@H]3CC(n4cnc5c(=O)[nH]c(N)nc54)O[C@@H]3COP(=O)(O)O)O2)c(=O)[nH]c1=O. The van der Waals surface area contributed by atoms with Crippen LogP contribution in [0.5, 0.6) is 0 Å². The van der Waals surface area contributed by atoms with Gasteiger partial charge in [0.15, 0.2) is 11.2 Å². The van der Waals surface area contributed by atoms with Crippen LogP contribution in [0.2, 0.25) is 0 Å². The fraction of sp³-hybridized carbons (Fsp3) is 0.550. The summed E-state index contributed by atoms with van der Waals surface area (Å²) in [6.07, 6.45) is -5.04. The monoisotopic (exact) mass is 651 g/mol. The number of nitrogens with zero attached hydrogens (tertiary/aromatic N) is 4. The number of imidazole rings is 1. The summed E-state index contributed by atoms with van der Waals surface area (Å²) in [5.74, 6) is -0.223. The first-order chi connectivity index (χ1) is 20.1. The van der Waals surface area contributed by atoms with Crippen LogP contribution in [0, 0.1) is 6.92 Å². The number of phosphoric ester groups is 2. The van der Waals surface area contributed by atoms with Gasteiger partial charge in [0.2, 0.25) is 5.95 Å². The highest BCUT2D eigenvalue weighted by Gasteiger charge is 2.44. The van der Waals surface area contributed by atoms with Gasteiger partial charge in [0.25, 0.3) is 11.1 Å². The average Bonchev–Trinajstić information content (AvgIpc) is 3.60. The number of phosphoric acid groups is 2. The zero-order valence-corrected chi connectivity index (χ0v) is 23.9. The van der Waals surface area contributed by atoms with E-state index < -0.39 is 82.5 Å². The van der Waals surface area contributed by atoms with E-state index in [1.165, 1.54) is 24.0 Å². The summed E-state index contributed by atoms with van der Waals surface area (Å²) in [5, 5.41) is 10.4. The second-order valence-electron chi connectivity index (χ2n) is 9.75. The minimum Gasteiger partial charge on any atom is -0.390 e. The van der Waals surface area contributed by atoms with E-state index in [9.17, 15) is 33.5 Å². The molecule has 3 aromatic rings. The zero-order valence-electron chi connectivity index (χ0n) is 22.1. The van der Waals surface area contributed by atoms with Crippen LogP contribution in [0.15, 0.2) is 26.9 Å². The lowest BCUT2D eigenvalue weighted by Gasteiger charge is -2.22. The molecule has 0 aliphatic carbocycles. The van der Waals surface area contributed by atoms with Crippen LogP contribution in [-0.4, -0.2) is 86.5 Å². The number of aliphatic hydroxyl groups excluding tert-OH is 1. The molecule has 236 valence electrons. The van der Waals surface area contributed by atoms with Crippen molar-refractivity contribution >= 4 is 32.8 Å². The number of ether oxygens (including phenoxy) is 2. The molecule has 0 amide bonds. The fourth-order valence-corrected chi connectivity index (χ4v) is 5.96. The Bertz CT molecular complexity index is 1780. The van der Waals surface area contributed by atoms with Crippen molar-refractivity contribution in [1.29, 1.82) is 0 Å². The molecule has 0 saturated carbocycles. The minimum atomic E-state index is -4.98. The molecule has 5 rings (SSSR count). The lowest BCUT2D eigenvalue weighted by Crippen LogP contribution is -2.33. The van der Waals surface area contributed by atoms with Crippen molar-refractivity contribution in [3.05, 3.63) is 49.3 Å². The molecule has 7 atom stereocenters. The first-order valence-electron chi connectivity index (χ1n) is 12.5. The van der Waals surface area contributed by atoms with Gasteiger partial charge in [-0.2, -0.15) is 4.98 Å². The van der Waals surface area contributed by atoms with Gasteiger partial charge in [0.1, 0.15) is 30.8 Å². The number of fused-ring (bicyclic) bond motifs is 1. The molecule has 0 aromatic carbocycles. The second-order valence-corrected chi connectivity index (χ2v) is 12.4. The highest BCUT2D eigenvalue weighted by atomic mass is 31.2. The molecule has 8 N–H and O–H groups in total. The molecule has 43 heavy (non-hydrogen) atoms. The van der Waals surface area contributed by atoms with Crippen LogP contribution in [0.1, 0.15) is 30.9 Å². The fourth-order valence-electron chi connectivity index (χ4n) is 4.66. The number of H-pyrrole nitrogens is 2. The standard InChI is InChI=1S/C20H27N7O14P2/c1-8-4-26(20(31)25-17(8)29)13-2-9(28)11(39-13)5-38-43(35,36)41-10-3-14(40-12(10)6-37-42(32,33)34)27-7-22-15-16(27)23-19(21)24-18(15)30/h4,7,9-14,28H,2-3,5-6H2,1H3,(H,35,36)(H,25,29,31)(H2,32,33,34)(H3,21,23,24,30)/t9-,10-,11+,12+,13+,14?/m0/s1. The van der Waals surface area contributed by atoms with Crippen molar-refractivity contribution in [2.75, 3.05) is 18.9 Å². The number of hydrogen-bond donors (Lipinski definition) is 7. The summed E-state index contributed by atoms with van der Waals surface area (Å²) in [6, 6.07) is 0. The second kappa shape index (κ2) is 11.8. The summed E-state index contributed by atoms with van der Waals surface area (Å²) in [7, 11) is -9.94. The number of nitrogens with one attached hydrogen (secondary N) is 2. The van der Waals surface area contributed by atoms with E-state index >= 15 is 0 Å². The third kappa shape index (κ3) is 7.03. The molecule has 2 saturated heterocycles. The normalized spacial score (nSPS) is 27.6. The molecule has 21 nitrogen and oxygen atoms in total. The van der Waals surface area contributed by atoms with E-state index in [0.29, 0.717) is 0 Å². The maximum absolute atomic E-state index is 12.9. The number of hydrogen-bond acceptors (Lipinski definition) is 14. The Labute approximate surface area is 239 Å². The lowest BCUT2D eigenvalue weighted by molar-refractivity contribution is -0.0562. The van der Waals surface area contributed by atoms with Gasteiger partial charge >= 0.3 is 21.3 Å². The molecule has 0 radical (unpaired) electrons. The summed E-state index contributed by atoms with van der Waals surface area (Å²) >= 11 is 0. The first kappa shape index (κ1) is 31.4. The molecule has 2 fully saturated rings. The Morgan fingerprint density at radius 3 is 2.42 bits per heavy atom. The van der Waals surface area contributed by atoms with E-state index in [0.717, 1.165) is 4.57 Å². The number of nitrogen functional groups attached to an aromatic ring is 1. The maximum atomic E-state index is 12.9. The van der Waals surface area contributed by atoms with E-state index in [-0.39, 0.29) is 35.5 Å². The van der Waals surface area contributed by atoms with Gasteiger partial charge in [0, 0.05) is 24.6 Å². The lowest BCUT2D eigenvalue weighted by atomic mass is 10.2. The largest absolute Gasteiger partial charge is 0.472 e. The van der Waals surface area contributed by atoms with Gasteiger partial charge in [-0.05, 0) is 6.92 Å². The van der Waals surface area contributed by atoms with Crippen molar-refractivity contribution in [2.24, 2.45) is 0 Å². The molecule has 3 aromatic heterocycles. The number of nitrogens with two attached hydrogens (primary N) is 1. The molecule has 2 aliphatic rings. The molecule has 23 heteroatoms. The Hall–Kier alpha value is -3.07. The van der Waals surface area contributed by atoms with E-state index in [1.807, 2.05) is 0 Å². The van der Waals surface area contributed by atoms with Crippen LogP contribution >= 0.6 is 15.6 Å². The number of aromatic amines is 2. The molecular weight excluding hydrogens is 624 g/mol. The van der Waals surface area contributed by atoms with Crippen LogP contribution in [0.4, 0.5) is 5.95 Å². The molecule has 5 heterocycles. The predicted molar refractivity (Wildman–Crippen MR) is 140 cm³/mol. The maximum Gasteiger partial charge on any atom is 0.472 e. The highest BCUT2D eigenvalue weighted by Crippen LogP contribution is 2.50. The van der Waals surface area contributed by atoms with Gasteiger partial charge in [-0.3, -0.25) is 42.3 Å². The summed E-state index contributed by atoms with van der Waals surface area (Å²) in [5.41, 5.74) is 3.74. The Balaban J connectivity index is 1.28.